The van der Waals surface area contributed by atoms with Crippen LogP contribution in [0.3, 0.4) is 0 Å². The Morgan fingerprint density at radius 1 is 1.20 bits per heavy atom. The van der Waals surface area contributed by atoms with Gasteiger partial charge < -0.3 is 4.74 Å². The van der Waals surface area contributed by atoms with Gasteiger partial charge in [-0.2, -0.15) is 0 Å². The fraction of sp³-hybridized carbons (Fsp3) is 0.294. The zero-order valence-electron chi connectivity index (χ0n) is 11.5. The number of carbonyl (C=O) groups excluding carboxylic acids is 1. The molecule has 102 valence electrons. The molecule has 0 atom stereocenters. The highest BCUT2D eigenvalue weighted by Gasteiger charge is 2.52. The lowest BCUT2D eigenvalue weighted by molar-refractivity contribution is -0.146. The Morgan fingerprint density at radius 2 is 1.95 bits per heavy atom. The van der Waals surface area contributed by atoms with Crippen LogP contribution in [-0.4, -0.2) is 17.6 Å². The van der Waals surface area contributed by atoms with Crippen LogP contribution in [0.25, 0.3) is 11.3 Å². The number of esters is 1. The second-order valence-corrected chi connectivity index (χ2v) is 5.10. The average Bonchev–Trinajstić information content (AvgIpc) is 3.30. The first-order valence-electron chi connectivity index (χ1n) is 6.95. The van der Waals surface area contributed by atoms with Crippen molar-refractivity contribution >= 4 is 5.97 Å². The van der Waals surface area contributed by atoms with Crippen molar-refractivity contribution < 1.29 is 9.53 Å². The van der Waals surface area contributed by atoms with Gasteiger partial charge in [-0.05, 0) is 31.4 Å². The molecule has 1 aromatic heterocycles. The van der Waals surface area contributed by atoms with Gasteiger partial charge in [0.25, 0.3) is 0 Å². The van der Waals surface area contributed by atoms with Gasteiger partial charge in [0.15, 0.2) is 0 Å². The van der Waals surface area contributed by atoms with Crippen LogP contribution in [0, 0.1) is 0 Å². The average molecular weight is 267 g/mol. The van der Waals surface area contributed by atoms with Gasteiger partial charge in [-0.25, -0.2) is 0 Å². The van der Waals surface area contributed by atoms with Crippen molar-refractivity contribution in [3.8, 4) is 11.3 Å². The fourth-order valence-electron chi connectivity index (χ4n) is 2.46. The summed E-state index contributed by atoms with van der Waals surface area (Å²) >= 11 is 0. The molecule has 2 aromatic rings. The van der Waals surface area contributed by atoms with Gasteiger partial charge in [0, 0.05) is 11.8 Å². The van der Waals surface area contributed by atoms with Crippen molar-refractivity contribution in [2.45, 2.75) is 25.2 Å². The summed E-state index contributed by atoms with van der Waals surface area (Å²) in [6.07, 6.45) is 3.53. The number of benzene rings is 1. The van der Waals surface area contributed by atoms with Crippen LogP contribution in [0.5, 0.6) is 0 Å². The van der Waals surface area contributed by atoms with E-state index in [-0.39, 0.29) is 5.97 Å². The number of hydrogen-bond acceptors (Lipinski definition) is 3. The second kappa shape index (κ2) is 5.08. The van der Waals surface area contributed by atoms with E-state index in [4.69, 9.17) is 4.74 Å². The molecule has 1 heterocycles. The van der Waals surface area contributed by atoms with E-state index >= 15 is 0 Å². The maximum Gasteiger partial charge on any atom is 0.316 e. The number of carbonyl (C=O) groups is 1. The van der Waals surface area contributed by atoms with Gasteiger partial charge in [-0.15, -0.1) is 0 Å². The number of rotatable bonds is 4. The van der Waals surface area contributed by atoms with Crippen molar-refractivity contribution in [1.29, 1.82) is 0 Å². The van der Waals surface area contributed by atoms with Gasteiger partial charge in [0.1, 0.15) is 0 Å². The van der Waals surface area contributed by atoms with Gasteiger partial charge in [0.2, 0.25) is 0 Å². The molecule has 1 aliphatic carbocycles. The maximum absolute atomic E-state index is 12.0. The van der Waals surface area contributed by atoms with E-state index < -0.39 is 5.41 Å². The van der Waals surface area contributed by atoms with Crippen molar-refractivity contribution in [1.82, 2.24) is 4.98 Å². The van der Waals surface area contributed by atoms with Gasteiger partial charge in [-0.3, -0.25) is 9.78 Å². The third-order valence-electron chi connectivity index (χ3n) is 3.80. The SMILES string of the molecule is CCOC(=O)C1(c2ccc(-c3ccccc3)nc2)CC1. The lowest BCUT2D eigenvalue weighted by atomic mass is 9.97. The summed E-state index contributed by atoms with van der Waals surface area (Å²) in [5, 5.41) is 0. The first kappa shape index (κ1) is 12.9. The minimum atomic E-state index is -0.432. The van der Waals surface area contributed by atoms with Crippen molar-refractivity contribution in [2.24, 2.45) is 0 Å². The smallest absolute Gasteiger partial charge is 0.316 e. The molecule has 3 heteroatoms. The lowest BCUT2D eigenvalue weighted by Crippen LogP contribution is -2.23. The Bertz CT molecular complexity index is 601. The van der Waals surface area contributed by atoms with Gasteiger partial charge >= 0.3 is 5.97 Å². The number of nitrogens with zero attached hydrogens (tertiary/aromatic N) is 1. The Kier molecular flexibility index (Phi) is 3.26. The zero-order valence-corrected chi connectivity index (χ0v) is 11.5. The summed E-state index contributed by atoms with van der Waals surface area (Å²) in [5.41, 5.74) is 2.54. The van der Waals surface area contributed by atoms with Crippen LogP contribution in [0.15, 0.2) is 48.7 Å². The molecular weight excluding hydrogens is 250 g/mol. The van der Waals surface area contributed by atoms with E-state index in [2.05, 4.69) is 4.98 Å². The van der Waals surface area contributed by atoms with Crippen LogP contribution in [0.1, 0.15) is 25.3 Å². The lowest BCUT2D eigenvalue weighted by Gasteiger charge is -2.14. The standard InChI is InChI=1S/C17H17NO2/c1-2-20-16(19)17(10-11-17)14-8-9-15(18-12-14)13-6-4-3-5-7-13/h3-9,12H,2,10-11H2,1H3. The molecule has 0 amide bonds. The molecule has 0 aliphatic heterocycles. The molecule has 1 saturated carbocycles. The Labute approximate surface area is 118 Å². The third kappa shape index (κ3) is 2.20. The van der Waals surface area contributed by atoms with E-state index in [1.54, 1.807) is 0 Å². The molecule has 1 fully saturated rings. The molecule has 0 radical (unpaired) electrons. The number of ether oxygens (including phenoxy) is 1. The highest BCUT2D eigenvalue weighted by Crippen LogP contribution is 2.49. The monoisotopic (exact) mass is 267 g/mol. The van der Waals surface area contributed by atoms with Crippen LogP contribution in [0.4, 0.5) is 0 Å². The molecule has 0 bridgehead atoms. The van der Waals surface area contributed by atoms with Crippen LogP contribution in [-0.2, 0) is 14.9 Å². The summed E-state index contributed by atoms with van der Waals surface area (Å²) < 4.78 is 5.17. The summed E-state index contributed by atoms with van der Waals surface area (Å²) in [5.74, 6) is -0.116. The summed E-state index contributed by atoms with van der Waals surface area (Å²) in [7, 11) is 0. The van der Waals surface area contributed by atoms with Gasteiger partial charge in [-0.1, -0.05) is 36.4 Å². The normalized spacial score (nSPS) is 15.7. The quantitative estimate of drug-likeness (QED) is 0.797. The Hall–Kier alpha value is -2.16. The van der Waals surface area contributed by atoms with E-state index in [1.807, 2.05) is 55.6 Å². The van der Waals surface area contributed by atoms with E-state index in [9.17, 15) is 4.79 Å². The predicted octanol–water partition coefficient (Wildman–Crippen LogP) is 3.34. The molecule has 3 nitrogen and oxygen atoms in total. The molecule has 1 aromatic carbocycles. The highest BCUT2D eigenvalue weighted by molar-refractivity contribution is 5.86. The van der Waals surface area contributed by atoms with Gasteiger partial charge in [0.05, 0.1) is 17.7 Å². The van der Waals surface area contributed by atoms with E-state index in [0.29, 0.717) is 6.61 Å². The summed E-state index contributed by atoms with van der Waals surface area (Å²) in [4.78, 5) is 16.5. The number of pyridine rings is 1. The molecule has 1 aliphatic rings. The summed E-state index contributed by atoms with van der Waals surface area (Å²) in [6, 6.07) is 14.0. The second-order valence-electron chi connectivity index (χ2n) is 5.10. The van der Waals surface area contributed by atoms with Crippen LogP contribution in [0.2, 0.25) is 0 Å². The maximum atomic E-state index is 12.0. The highest BCUT2D eigenvalue weighted by atomic mass is 16.5. The predicted molar refractivity (Wildman–Crippen MR) is 77.2 cm³/mol. The minimum absolute atomic E-state index is 0.116. The van der Waals surface area contributed by atoms with Crippen LogP contribution >= 0.6 is 0 Å². The molecule has 0 spiro atoms. The molecule has 0 saturated heterocycles. The summed E-state index contributed by atoms with van der Waals surface area (Å²) in [6.45, 7) is 2.26. The van der Waals surface area contributed by atoms with Crippen molar-refractivity contribution in [3.63, 3.8) is 0 Å². The van der Waals surface area contributed by atoms with E-state index in [0.717, 1.165) is 29.7 Å². The fourth-order valence-corrected chi connectivity index (χ4v) is 2.46. The first-order valence-corrected chi connectivity index (χ1v) is 6.95. The van der Waals surface area contributed by atoms with E-state index in [1.165, 1.54) is 0 Å². The van der Waals surface area contributed by atoms with Crippen molar-refractivity contribution in [3.05, 3.63) is 54.2 Å². The first-order chi connectivity index (χ1) is 9.76. The van der Waals surface area contributed by atoms with Crippen LogP contribution < -0.4 is 0 Å². The minimum Gasteiger partial charge on any atom is -0.465 e. The largest absolute Gasteiger partial charge is 0.465 e. The number of aromatic nitrogens is 1. The van der Waals surface area contributed by atoms with Crippen molar-refractivity contribution in [2.75, 3.05) is 6.61 Å². The molecule has 0 N–H and O–H groups in total. The Morgan fingerprint density at radius 3 is 2.50 bits per heavy atom. The topological polar surface area (TPSA) is 39.2 Å². The third-order valence-corrected chi connectivity index (χ3v) is 3.80. The molecule has 0 unspecified atom stereocenters. The molecule has 20 heavy (non-hydrogen) atoms. The molecule has 3 rings (SSSR count). The number of hydrogen-bond donors (Lipinski definition) is 0. The molecular formula is C17H17NO2. The zero-order chi connectivity index (χ0) is 14.0. The Balaban J connectivity index is 1.85.